The number of hydrogen-bond acceptors (Lipinski definition) is 2. The maximum atomic E-state index is 12.9. The second-order valence-corrected chi connectivity index (χ2v) is 6.13. The van der Waals surface area contributed by atoms with Crippen molar-refractivity contribution in [2.75, 3.05) is 4.90 Å². The summed E-state index contributed by atoms with van der Waals surface area (Å²) in [6.07, 6.45) is -4.54. The Labute approximate surface area is 143 Å². The molecule has 130 valence electrons. The molecule has 1 aliphatic rings. The van der Waals surface area contributed by atoms with E-state index in [2.05, 4.69) is 0 Å². The molecule has 6 heteroatoms. The number of hydrogen-bond donors (Lipinski definition) is 0. The van der Waals surface area contributed by atoms with E-state index in [1.54, 1.807) is 0 Å². The highest BCUT2D eigenvalue weighted by atomic mass is 19.4. The lowest BCUT2D eigenvalue weighted by atomic mass is 9.86. The van der Waals surface area contributed by atoms with Gasteiger partial charge in [0.05, 0.1) is 17.2 Å². The van der Waals surface area contributed by atoms with Gasteiger partial charge in [0.15, 0.2) is 0 Å². The Kier molecular flexibility index (Phi) is 4.37. The van der Waals surface area contributed by atoms with Crippen LogP contribution in [0.5, 0.6) is 0 Å². The number of halogens is 3. The van der Waals surface area contributed by atoms with E-state index in [4.69, 9.17) is 0 Å². The van der Waals surface area contributed by atoms with Crippen LogP contribution >= 0.6 is 0 Å². The fourth-order valence-electron chi connectivity index (χ4n) is 3.13. The van der Waals surface area contributed by atoms with Gasteiger partial charge in [-0.2, -0.15) is 13.2 Å². The van der Waals surface area contributed by atoms with Gasteiger partial charge in [-0.15, -0.1) is 0 Å². The third kappa shape index (κ3) is 3.29. The topological polar surface area (TPSA) is 37.4 Å². The molecule has 1 heterocycles. The lowest BCUT2D eigenvalue weighted by molar-refractivity contribution is -0.137. The van der Waals surface area contributed by atoms with E-state index in [0.29, 0.717) is 0 Å². The van der Waals surface area contributed by atoms with Gasteiger partial charge < -0.3 is 0 Å². The summed E-state index contributed by atoms with van der Waals surface area (Å²) in [6.45, 7) is 1.85. The highest BCUT2D eigenvalue weighted by Gasteiger charge is 2.43. The molecule has 0 unspecified atom stereocenters. The van der Waals surface area contributed by atoms with Gasteiger partial charge in [0, 0.05) is 6.42 Å². The number of carbonyl (C=O) groups is 2. The summed E-state index contributed by atoms with van der Waals surface area (Å²) in [5.74, 6) is -1.71. The molecule has 2 amide bonds. The third-order valence-corrected chi connectivity index (χ3v) is 4.54. The summed E-state index contributed by atoms with van der Waals surface area (Å²) in [5.41, 5.74) is -0.00251. The van der Waals surface area contributed by atoms with Crippen LogP contribution in [0.3, 0.4) is 0 Å². The summed E-state index contributed by atoms with van der Waals surface area (Å²) in [5, 5.41) is 0. The SMILES string of the molecule is C[C@@H](c1ccccc1)[C@@H]1CC(=O)N(c2cccc(C(F)(F)F)c2)C1=O. The number of rotatable bonds is 3. The van der Waals surface area contributed by atoms with Gasteiger partial charge in [-0.05, 0) is 29.7 Å². The molecule has 1 aliphatic heterocycles. The minimum Gasteiger partial charge on any atom is -0.274 e. The minimum atomic E-state index is -4.53. The Morgan fingerprint density at radius 1 is 1.04 bits per heavy atom. The summed E-state index contributed by atoms with van der Waals surface area (Å²) in [6, 6.07) is 13.6. The van der Waals surface area contributed by atoms with Gasteiger partial charge in [0.1, 0.15) is 0 Å². The Bertz CT molecular complexity index is 802. The van der Waals surface area contributed by atoms with Crippen LogP contribution in [0, 0.1) is 5.92 Å². The zero-order valence-corrected chi connectivity index (χ0v) is 13.5. The Hall–Kier alpha value is -2.63. The van der Waals surface area contributed by atoms with E-state index in [0.717, 1.165) is 22.6 Å². The maximum absolute atomic E-state index is 12.9. The summed E-state index contributed by atoms with van der Waals surface area (Å²) in [7, 11) is 0. The van der Waals surface area contributed by atoms with Gasteiger partial charge in [-0.25, -0.2) is 0 Å². The standard InChI is InChI=1S/C19H16F3NO2/c1-12(13-6-3-2-4-7-13)16-11-17(24)23(18(16)25)15-9-5-8-14(10-15)19(20,21)22/h2-10,12,16H,11H2,1H3/t12-,16-/m0/s1. The minimum absolute atomic E-state index is 0.00879. The number of alkyl halides is 3. The predicted octanol–water partition coefficient (Wildman–Crippen LogP) is 4.39. The highest BCUT2D eigenvalue weighted by molar-refractivity contribution is 6.21. The van der Waals surface area contributed by atoms with Crippen molar-refractivity contribution < 1.29 is 22.8 Å². The molecule has 3 nitrogen and oxygen atoms in total. The number of anilines is 1. The molecule has 3 rings (SSSR count). The molecule has 0 N–H and O–H groups in total. The Morgan fingerprint density at radius 3 is 2.36 bits per heavy atom. The molecule has 0 aromatic heterocycles. The van der Waals surface area contributed by atoms with Gasteiger partial charge in [0.25, 0.3) is 0 Å². The maximum Gasteiger partial charge on any atom is 0.416 e. The van der Waals surface area contributed by atoms with Crippen molar-refractivity contribution in [3.63, 3.8) is 0 Å². The van der Waals surface area contributed by atoms with Gasteiger partial charge in [-0.1, -0.05) is 43.3 Å². The smallest absolute Gasteiger partial charge is 0.274 e. The molecule has 1 saturated heterocycles. The van der Waals surface area contributed by atoms with E-state index in [-0.39, 0.29) is 18.0 Å². The van der Waals surface area contributed by atoms with Crippen molar-refractivity contribution in [2.45, 2.75) is 25.4 Å². The fourth-order valence-corrected chi connectivity index (χ4v) is 3.13. The van der Waals surface area contributed by atoms with Crippen LogP contribution in [0.25, 0.3) is 0 Å². The monoisotopic (exact) mass is 347 g/mol. The van der Waals surface area contributed by atoms with Gasteiger partial charge in [0.2, 0.25) is 11.8 Å². The van der Waals surface area contributed by atoms with Crippen LogP contribution in [0.1, 0.15) is 30.4 Å². The molecule has 0 spiro atoms. The fraction of sp³-hybridized carbons (Fsp3) is 0.263. The predicted molar refractivity (Wildman–Crippen MR) is 86.9 cm³/mol. The van der Waals surface area contributed by atoms with Crippen molar-refractivity contribution in [3.8, 4) is 0 Å². The molecule has 2 aromatic rings. The number of amides is 2. The lowest BCUT2D eigenvalue weighted by Gasteiger charge is -2.20. The third-order valence-electron chi connectivity index (χ3n) is 4.54. The first-order chi connectivity index (χ1) is 11.8. The van der Waals surface area contributed by atoms with Crippen LogP contribution in [0.15, 0.2) is 54.6 Å². The van der Waals surface area contributed by atoms with Gasteiger partial charge >= 0.3 is 6.18 Å². The Balaban J connectivity index is 1.90. The molecule has 2 aromatic carbocycles. The Morgan fingerprint density at radius 2 is 1.72 bits per heavy atom. The van der Waals surface area contributed by atoms with E-state index in [1.165, 1.54) is 12.1 Å². The number of carbonyl (C=O) groups excluding carboxylic acids is 2. The van der Waals surface area contributed by atoms with Crippen molar-refractivity contribution >= 4 is 17.5 Å². The zero-order valence-electron chi connectivity index (χ0n) is 13.5. The molecule has 2 atom stereocenters. The largest absolute Gasteiger partial charge is 0.416 e. The van der Waals surface area contributed by atoms with E-state index >= 15 is 0 Å². The van der Waals surface area contributed by atoms with Crippen LogP contribution in [0.2, 0.25) is 0 Å². The lowest BCUT2D eigenvalue weighted by Crippen LogP contribution is -2.31. The zero-order chi connectivity index (χ0) is 18.2. The first kappa shape index (κ1) is 17.2. The van der Waals surface area contributed by atoms with Crippen LogP contribution in [0.4, 0.5) is 18.9 Å². The van der Waals surface area contributed by atoms with Gasteiger partial charge in [-0.3, -0.25) is 14.5 Å². The number of benzene rings is 2. The van der Waals surface area contributed by atoms with Crippen molar-refractivity contribution in [2.24, 2.45) is 5.92 Å². The second-order valence-electron chi connectivity index (χ2n) is 6.13. The normalized spacial score (nSPS) is 19.4. The van der Waals surface area contributed by atoms with E-state index in [1.807, 2.05) is 37.3 Å². The van der Waals surface area contributed by atoms with E-state index < -0.39 is 29.5 Å². The van der Waals surface area contributed by atoms with Crippen molar-refractivity contribution in [3.05, 3.63) is 65.7 Å². The molecular weight excluding hydrogens is 331 g/mol. The first-order valence-electron chi connectivity index (χ1n) is 7.88. The summed E-state index contributed by atoms with van der Waals surface area (Å²) in [4.78, 5) is 25.9. The number of nitrogens with zero attached hydrogens (tertiary/aromatic N) is 1. The molecular formula is C19H16F3NO2. The quantitative estimate of drug-likeness (QED) is 0.773. The second kappa shape index (κ2) is 6.35. The average Bonchev–Trinajstić information content (AvgIpc) is 2.89. The first-order valence-corrected chi connectivity index (χ1v) is 7.88. The van der Waals surface area contributed by atoms with Crippen molar-refractivity contribution in [1.82, 2.24) is 0 Å². The molecule has 25 heavy (non-hydrogen) atoms. The highest BCUT2D eigenvalue weighted by Crippen LogP contribution is 2.37. The van der Waals surface area contributed by atoms with Crippen LogP contribution in [-0.2, 0) is 15.8 Å². The molecule has 0 radical (unpaired) electrons. The van der Waals surface area contributed by atoms with Crippen molar-refractivity contribution in [1.29, 1.82) is 0 Å². The molecule has 1 fully saturated rings. The number of imide groups is 1. The summed E-state index contributed by atoms with van der Waals surface area (Å²) >= 11 is 0. The molecule has 0 bridgehead atoms. The van der Waals surface area contributed by atoms with Crippen LogP contribution in [-0.4, -0.2) is 11.8 Å². The van der Waals surface area contributed by atoms with Crippen LogP contribution < -0.4 is 4.90 Å². The molecule has 0 aliphatic carbocycles. The molecule has 0 saturated carbocycles. The summed E-state index contributed by atoms with van der Waals surface area (Å²) < 4.78 is 38.7. The van der Waals surface area contributed by atoms with E-state index in [9.17, 15) is 22.8 Å². The average molecular weight is 347 g/mol.